The second kappa shape index (κ2) is 7.61. The Morgan fingerprint density at radius 2 is 1.85 bits per heavy atom. The standard InChI is InChI=1S/C32H34N4O3/c1-4-5-6-14-24(38)34-17-15-31-21-11-7-8-12-22(21)33-28-32(31)16-18-35(29(31)34)26(27-30(2,3)39-27)20-10-9-13-23(25(20)32)36(28)19-37/h4-14,19,26-29,33H,15-18H2,1-3H3/b5-4+,14-6+/t26-,27?,28+,29+,31-,32-/m1/s1. The van der Waals surface area contributed by atoms with Crippen LogP contribution in [0.3, 0.4) is 0 Å². The van der Waals surface area contributed by atoms with Crippen LogP contribution in [0.5, 0.6) is 0 Å². The van der Waals surface area contributed by atoms with Crippen molar-refractivity contribution in [1.29, 1.82) is 0 Å². The highest BCUT2D eigenvalue weighted by Crippen LogP contribution is 2.72. The molecule has 2 amide bonds. The van der Waals surface area contributed by atoms with Gasteiger partial charge in [0.05, 0.1) is 23.2 Å². The van der Waals surface area contributed by atoms with E-state index in [9.17, 15) is 9.59 Å². The van der Waals surface area contributed by atoms with Crippen LogP contribution in [-0.4, -0.2) is 59.2 Å². The fourth-order valence-electron chi connectivity index (χ4n) is 9.22. The summed E-state index contributed by atoms with van der Waals surface area (Å²) in [7, 11) is 0. The molecule has 3 saturated heterocycles. The molecule has 2 spiro atoms. The highest BCUT2D eigenvalue weighted by molar-refractivity contribution is 5.91. The minimum atomic E-state index is -0.377. The number of rotatable bonds is 4. The van der Waals surface area contributed by atoms with E-state index in [-0.39, 0.29) is 46.8 Å². The van der Waals surface area contributed by atoms with Gasteiger partial charge in [-0.25, -0.2) is 0 Å². The lowest BCUT2D eigenvalue weighted by atomic mass is 9.50. The summed E-state index contributed by atoms with van der Waals surface area (Å²) in [4.78, 5) is 33.4. The number of anilines is 2. The van der Waals surface area contributed by atoms with E-state index >= 15 is 0 Å². The van der Waals surface area contributed by atoms with Gasteiger partial charge in [0.2, 0.25) is 12.3 Å². The van der Waals surface area contributed by atoms with Gasteiger partial charge in [-0.1, -0.05) is 48.6 Å². The average Bonchev–Trinajstić information content (AvgIpc) is 3.31. The van der Waals surface area contributed by atoms with Gasteiger partial charge in [0.1, 0.15) is 12.3 Å². The van der Waals surface area contributed by atoms with E-state index < -0.39 is 0 Å². The second-order valence-corrected chi connectivity index (χ2v) is 12.4. The molecule has 200 valence electrons. The Hall–Kier alpha value is -3.42. The maximum absolute atomic E-state index is 13.9. The maximum Gasteiger partial charge on any atom is 0.247 e. The van der Waals surface area contributed by atoms with Crippen molar-refractivity contribution in [2.45, 2.75) is 74.5 Å². The van der Waals surface area contributed by atoms with Crippen molar-refractivity contribution in [3.63, 3.8) is 0 Å². The zero-order valence-electron chi connectivity index (χ0n) is 22.6. The number of hydrogen-bond acceptors (Lipinski definition) is 5. The molecule has 7 atom stereocenters. The first-order valence-electron chi connectivity index (χ1n) is 14.2. The van der Waals surface area contributed by atoms with Gasteiger partial charge in [-0.3, -0.25) is 19.4 Å². The van der Waals surface area contributed by atoms with Gasteiger partial charge >= 0.3 is 0 Å². The van der Waals surface area contributed by atoms with Crippen molar-refractivity contribution < 1.29 is 14.3 Å². The summed E-state index contributed by atoms with van der Waals surface area (Å²) in [6.07, 6.45) is 9.79. The number of carbonyl (C=O) groups excluding carboxylic acids is 2. The van der Waals surface area contributed by atoms with Gasteiger partial charge in [-0.05, 0) is 62.4 Å². The van der Waals surface area contributed by atoms with Gasteiger partial charge in [-0.2, -0.15) is 0 Å². The van der Waals surface area contributed by atoms with E-state index in [1.807, 2.05) is 30.1 Å². The van der Waals surface area contributed by atoms with E-state index in [0.717, 1.165) is 37.2 Å². The Bertz CT molecular complexity index is 1480. The molecule has 7 heteroatoms. The summed E-state index contributed by atoms with van der Waals surface area (Å²) in [5, 5.41) is 3.83. The van der Waals surface area contributed by atoms with Crippen LogP contribution in [0.15, 0.2) is 66.8 Å². The smallest absolute Gasteiger partial charge is 0.247 e. The van der Waals surface area contributed by atoms with E-state index in [1.165, 1.54) is 16.7 Å². The van der Waals surface area contributed by atoms with Gasteiger partial charge in [-0.15, -0.1) is 0 Å². The van der Waals surface area contributed by atoms with Crippen LogP contribution in [0.4, 0.5) is 11.4 Å². The van der Waals surface area contributed by atoms with Crippen molar-refractivity contribution in [3.8, 4) is 0 Å². The number of fused-ring (bicyclic) bond motifs is 1. The number of carbonyl (C=O) groups is 2. The van der Waals surface area contributed by atoms with Crippen LogP contribution in [0.25, 0.3) is 0 Å². The van der Waals surface area contributed by atoms with Crippen LogP contribution >= 0.6 is 0 Å². The summed E-state index contributed by atoms with van der Waals surface area (Å²) in [5.74, 6) is 0.0377. The number of nitrogens with one attached hydrogen (secondary N) is 1. The molecule has 2 aromatic carbocycles. The number of amides is 2. The quantitative estimate of drug-likeness (QED) is 0.282. The fraction of sp³-hybridized carbons (Fsp3) is 0.438. The highest BCUT2D eigenvalue weighted by Gasteiger charge is 2.77. The van der Waals surface area contributed by atoms with Gasteiger partial charge in [0.25, 0.3) is 0 Å². The van der Waals surface area contributed by atoms with Crippen LogP contribution in [0.1, 0.15) is 56.3 Å². The van der Waals surface area contributed by atoms with Crippen LogP contribution < -0.4 is 10.2 Å². The van der Waals surface area contributed by atoms with Gasteiger partial charge in [0, 0.05) is 36.0 Å². The summed E-state index contributed by atoms with van der Waals surface area (Å²) in [5.41, 5.74) is 4.86. The predicted octanol–water partition coefficient (Wildman–Crippen LogP) is 4.22. The Morgan fingerprint density at radius 1 is 1.05 bits per heavy atom. The Labute approximate surface area is 229 Å². The first kappa shape index (κ1) is 23.5. The molecule has 2 bridgehead atoms. The molecule has 0 saturated carbocycles. The van der Waals surface area contributed by atoms with Crippen LogP contribution in [0.2, 0.25) is 0 Å². The molecule has 0 aliphatic carbocycles. The monoisotopic (exact) mass is 522 g/mol. The third-order valence-corrected chi connectivity index (χ3v) is 10.6. The number of ether oxygens (including phenoxy) is 1. The first-order valence-corrected chi connectivity index (χ1v) is 14.2. The molecule has 0 aromatic heterocycles. The van der Waals surface area contributed by atoms with E-state index in [1.54, 1.807) is 6.08 Å². The highest BCUT2D eigenvalue weighted by atomic mass is 16.6. The molecule has 0 radical (unpaired) electrons. The summed E-state index contributed by atoms with van der Waals surface area (Å²) < 4.78 is 6.39. The zero-order valence-corrected chi connectivity index (χ0v) is 22.6. The van der Waals surface area contributed by atoms with Crippen molar-refractivity contribution in [2.24, 2.45) is 0 Å². The number of epoxide rings is 1. The largest absolute Gasteiger partial charge is 0.365 e. The van der Waals surface area contributed by atoms with Crippen LogP contribution in [0, 0.1) is 0 Å². The zero-order chi connectivity index (χ0) is 26.7. The normalized spacial score (nSPS) is 37.9. The molecule has 6 aliphatic rings. The van der Waals surface area contributed by atoms with Crippen molar-refractivity contribution >= 4 is 23.7 Å². The topological polar surface area (TPSA) is 68.4 Å². The summed E-state index contributed by atoms with van der Waals surface area (Å²) >= 11 is 0. The van der Waals surface area contributed by atoms with Crippen molar-refractivity contribution in [3.05, 3.63) is 83.5 Å². The lowest BCUT2D eigenvalue weighted by molar-refractivity contribution is -0.137. The van der Waals surface area contributed by atoms with Crippen molar-refractivity contribution in [2.75, 3.05) is 23.3 Å². The predicted molar refractivity (Wildman–Crippen MR) is 149 cm³/mol. The van der Waals surface area contributed by atoms with Crippen LogP contribution in [-0.2, 0) is 25.2 Å². The number of hydrogen-bond donors (Lipinski definition) is 1. The minimum Gasteiger partial charge on any atom is -0.365 e. The third-order valence-electron chi connectivity index (χ3n) is 10.6. The lowest BCUT2D eigenvalue weighted by Gasteiger charge is -2.62. The Kier molecular flexibility index (Phi) is 4.58. The van der Waals surface area contributed by atoms with Crippen molar-refractivity contribution in [1.82, 2.24) is 9.80 Å². The molecule has 8 rings (SSSR count). The molecule has 2 aromatic rings. The third kappa shape index (κ3) is 2.61. The molecule has 39 heavy (non-hydrogen) atoms. The molecule has 7 nitrogen and oxygen atoms in total. The Balaban J connectivity index is 1.45. The second-order valence-electron chi connectivity index (χ2n) is 12.4. The first-order chi connectivity index (χ1) is 18.9. The molecular weight excluding hydrogens is 488 g/mol. The fourth-order valence-corrected chi connectivity index (χ4v) is 9.22. The number of nitrogens with zero attached hydrogens (tertiary/aromatic N) is 3. The molecule has 6 heterocycles. The minimum absolute atomic E-state index is 0.00543. The SMILES string of the molecule is C/C=C/C=C/C(=O)N1CC[C@]23c4ccccc4N[C@H]4N(C=O)c5cccc6c5[C@]42CCN([C@H]6C2OC2(C)C)[C@H]13. The molecule has 2 unspecified atom stereocenters. The molecular formula is C32H34N4O3. The number of allylic oxidation sites excluding steroid dienone is 3. The van der Waals surface area contributed by atoms with E-state index in [2.05, 4.69) is 71.4 Å². The number of likely N-dealkylation sites (tertiary alicyclic amines) is 1. The Morgan fingerprint density at radius 3 is 2.62 bits per heavy atom. The number of benzene rings is 2. The van der Waals surface area contributed by atoms with E-state index in [0.29, 0.717) is 6.54 Å². The van der Waals surface area contributed by atoms with Gasteiger partial charge < -0.3 is 15.0 Å². The molecule has 1 N–H and O–H groups in total. The van der Waals surface area contributed by atoms with E-state index in [4.69, 9.17) is 4.74 Å². The average molecular weight is 523 g/mol. The molecule has 6 aliphatic heterocycles. The number of para-hydroxylation sites is 1. The van der Waals surface area contributed by atoms with Gasteiger partial charge in [0.15, 0.2) is 0 Å². The summed E-state index contributed by atoms with van der Waals surface area (Å²) in [6, 6.07) is 15.0. The summed E-state index contributed by atoms with van der Waals surface area (Å²) in [6.45, 7) is 7.78. The molecule has 3 fully saturated rings. The lowest BCUT2D eigenvalue weighted by Crippen LogP contribution is -2.73. The maximum atomic E-state index is 13.9. The number of piperidine rings is 1.